The Kier molecular flexibility index (Phi) is 7.75. The van der Waals surface area contributed by atoms with E-state index in [1.165, 1.54) is 0 Å². The molecule has 0 saturated carbocycles. The molecule has 1 fully saturated rings. The van der Waals surface area contributed by atoms with E-state index in [4.69, 9.17) is 16.3 Å². The lowest BCUT2D eigenvalue weighted by Crippen LogP contribution is -2.38. The van der Waals surface area contributed by atoms with Crippen LogP contribution in [-0.2, 0) is 11.3 Å². The summed E-state index contributed by atoms with van der Waals surface area (Å²) in [6.45, 7) is 9.23. The van der Waals surface area contributed by atoms with E-state index in [2.05, 4.69) is 16.4 Å². The first-order valence-corrected chi connectivity index (χ1v) is 9.04. The summed E-state index contributed by atoms with van der Waals surface area (Å²) in [4.78, 5) is 18.2. The predicted octanol–water partition coefficient (Wildman–Crippen LogP) is 2.50. The van der Waals surface area contributed by atoms with Crippen LogP contribution in [0.2, 0.25) is 5.02 Å². The van der Waals surface area contributed by atoms with Crippen LogP contribution in [0.15, 0.2) is 30.9 Å². The van der Waals surface area contributed by atoms with E-state index in [0.717, 1.165) is 50.5 Å². The molecule has 138 valence electrons. The summed E-state index contributed by atoms with van der Waals surface area (Å²) in [5.74, 6) is 1.01. The van der Waals surface area contributed by atoms with Crippen molar-refractivity contribution in [1.82, 2.24) is 14.7 Å². The van der Waals surface area contributed by atoms with Crippen molar-refractivity contribution in [2.24, 2.45) is 0 Å². The number of nitrogens with zero attached hydrogens (tertiary/aromatic N) is 3. The van der Waals surface area contributed by atoms with Gasteiger partial charge >= 0.3 is 0 Å². The molecule has 6 heteroatoms. The molecule has 0 unspecified atom stereocenters. The minimum Gasteiger partial charge on any atom is -0.489 e. The Bertz CT molecular complexity index is 592. The zero-order chi connectivity index (χ0) is 18.2. The van der Waals surface area contributed by atoms with Gasteiger partial charge in [-0.05, 0) is 37.7 Å². The molecular formula is C19H28ClN3O2. The molecule has 1 aliphatic rings. The Labute approximate surface area is 155 Å². The van der Waals surface area contributed by atoms with E-state index in [1.54, 1.807) is 25.1 Å². The number of likely N-dealkylation sites (N-methyl/N-ethyl adjacent to an activating group) is 1. The number of amides is 1. The second-order valence-corrected chi connectivity index (χ2v) is 6.98. The first kappa shape index (κ1) is 19.8. The second kappa shape index (κ2) is 9.80. The van der Waals surface area contributed by atoms with Crippen molar-refractivity contribution < 1.29 is 9.53 Å². The van der Waals surface area contributed by atoms with Gasteiger partial charge < -0.3 is 9.64 Å². The van der Waals surface area contributed by atoms with Crippen LogP contribution in [0.1, 0.15) is 12.0 Å². The Morgan fingerprint density at radius 2 is 2.00 bits per heavy atom. The third kappa shape index (κ3) is 6.34. The van der Waals surface area contributed by atoms with Crippen LogP contribution in [-0.4, -0.2) is 74.0 Å². The molecule has 1 aromatic rings. The number of benzene rings is 1. The average Bonchev–Trinajstić information content (AvgIpc) is 2.79. The van der Waals surface area contributed by atoms with Gasteiger partial charge in [-0.15, -0.1) is 0 Å². The van der Waals surface area contributed by atoms with Crippen molar-refractivity contribution in [2.75, 3.05) is 53.4 Å². The topological polar surface area (TPSA) is 36.0 Å². The molecule has 0 aromatic heterocycles. The van der Waals surface area contributed by atoms with Crippen molar-refractivity contribution in [3.8, 4) is 5.75 Å². The van der Waals surface area contributed by atoms with E-state index in [9.17, 15) is 4.79 Å². The minimum atomic E-state index is 0.156. The molecule has 0 bridgehead atoms. The van der Waals surface area contributed by atoms with E-state index >= 15 is 0 Å². The third-order valence-corrected chi connectivity index (χ3v) is 4.55. The lowest BCUT2D eigenvalue weighted by Gasteiger charge is -2.23. The van der Waals surface area contributed by atoms with Gasteiger partial charge in [0.05, 0.1) is 6.54 Å². The first-order valence-electron chi connectivity index (χ1n) is 8.66. The lowest BCUT2D eigenvalue weighted by molar-refractivity contribution is -0.129. The van der Waals surface area contributed by atoms with Gasteiger partial charge in [0.15, 0.2) is 0 Å². The number of hydrogen-bond donors (Lipinski definition) is 0. The summed E-state index contributed by atoms with van der Waals surface area (Å²) in [5, 5.41) is 0.717. The highest BCUT2D eigenvalue weighted by Gasteiger charge is 2.19. The predicted molar refractivity (Wildman–Crippen MR) is 102 cm³/mol. The fraction of sp³-hybridized carbons (Fsp3) is 0.526. The molecule has 0 N–H and O–H groups in total. The Morgan fingerprint density at radius 1 is 1.28 bits per heavy atom. The SMILES string of the molecule is C=CCOc1ccc(Cl)cc1CN1CCCN(CC(=O)N(C)C)CC1. The Hall–Kier alpha value is -1.56. The van der Waals surface area contributed by atoms with Crippen LogP contribution in [0.3, 0.4) is 0 Å². The van der Waals surface area contributed by atoms with Gasteiger partial charge in [0.2, 0.25) is 5.91 Å². The fourth-order valence-electron chi connectivity index (χ4n) is 2.88. The highest BCUT2D eigenvalue weighted by atomic mass is 35.5. The van der Waals surface area contributed by atoms with Gasteiger partial charge in [-0.25, -0.2) is 0 Å². The summed E-state index contributed by atoms with van der Waals surface area (Å²) in [7, 11) is 3.60. The smallest absolute Gasteiger partial charge is 0.236 e. The molecule has 1 amide bonds. The van der Waals surface area contributed by atoms with Crippen molar-refractivity contribution in [1.29, 1.82) is 0 Å². The van der Waals surface area contributed by atoms with Gasteiger partial charge in [0.25, 0.3) is 0 Å². The van der Waals surface area contributed by atoms with Crippen LogP contribution in [0.25, 0.3) is 0 Å². The van der Waals surface area contributed by atoms with E-state index < -0.39 is 0 Å². The standard InChI is InChI=1S/C19H28ClN3O2/c1-4-12-25-18-7-6-17(20)13-16(18)14-22-8-5-9-23(11-10-22)15-19(24)21(2)3/h4,6-7,13H,1,5,8-12,14-15H2,2-3H3. The van der Waals surface area contributed by atoms with Crippen molar-refractivity contribution in [2.45, 2.75) is 13.0 Å². The van der Waals surface area contributed by atoms with Gasteiger partial charge in [0, 0.05) is 44.3 Å². The van der Waals surface area contributed by atoms with Crippen molar-refractivity contribution in [3.63, 3.8) is 0 Å². The number of ether oxygens (including phenoxy) is 1. The monoisotopic (exact) mass is 365 g/mol. The first-order chi connectivity index (χ1) is 12.0. The number of halogens is 1. The normalized spacial score (nSPS) is 16.3. The van der Waals surface area contributed by atoms with E-state index in [0.29, 0.717) is 18.2 Å². The molecule has 0 atom stereocenters. The summed E-state index contributed by atoms with van der Waals surface area (Å²) in [5.41, 5.74) is 1.09. The maximum atomic E-state index is 11.9. The lowest BCUT2D eigenvalue weighted by atomic mass is 10.2. The Morgan fingerprint density at radius 3 is 2.72 bits per heavy atom. The molecular weight excluding hydrogens is 338 g/mol. The summed E-state index contributed by atoms with van der Waals surface area (Å²) in [6.07, 6.45) is 2.79. The number of hydrogen-bond acceptors (Lipinski definition) is 4. The molecule has 5 nitrogen and oxygen atoms in total. The number of carbonyl (C=O) groups excluding carboxylic acids is 1. The summed E-state index contributed by atoms with van der Waals surface area (Å²) < 4.78 is 5.75. The maximum Gasteiger partial charge on any atom is 0.236 e. The minimum absolute atomic E-state index is 0.156. The highest BCUT2D eigenvalue weighted by molar-refractivity contribution is 6.30. The van der Waals surface area contributed by atoms with Gasteiger partial charge in [-0.3, -0.25) is 14.6 Å². The van der Waals surface area contributed by atoms with Gasteiger partial charge in [-0.2, -0.15) is 0 Å². The largest absolute Gasteiger partial charge is 0.489 e. The molecule has 1 aliphatic heterocycles. The molecule has 2 rings (SSSR count). The van der Waals surface area contributed by atoms with Gasteiger partial charge in [0.1, 0.15) is 12.4 Å². The Balaban J connectivity index is 1.96. The molecule has 25 heavy (non-hydrogen) atoms. The van der Waals surface area contributed by atoms with Crippen LogP contribution in [0, 0.1) is 0 Å². The van der Waals surface area contributed by atoms with Crippen molar-refractivity contribution >= 4 is 17.5 Å². The maximum absolute atomic E-state index is 11.9. The van der Waals surface area contributed by atoms with Crippen LogP contribution < -0.4 is 4.74 Å². The number of rotatable bonds is 7. The molecule has 0 aliphatic carbocycles. The van der Waals surface area contributed by atoms with Crippen LogP contribution >= 0.6 is 11.6 Å². The fourth-order valence-corrected chi connectivity index (χ4v) is 3.07. The van der Waals surface area contributed by atoms with Crippen LogP contribution in [0.5, 0.6) is 5.75 Å². The highest BCUT2D eigenvalue weighted by Crippen LogP contribution is 2.25. The summed E-state index contributed by atoms with van der Waals surface area (Å²) >= 11 is 6.17. The zero-order valence-corrected chi connectivity index (χ0v) is 16.0. The molecule has 0 radical (unpaired) electrons. The number of carbonyl (C=O) groups is 1. The van der Waals surface area contributed by atoms with Crippen molar-refractivity contribution in [3.05, 3.63) is 41.4 Å². The summed E-state index contributed by atoms with van der Waals surface area (Å²) in [6, 6.07) is 5.74. The van der Waals surface area contributed by atoms with Crippen LogP contribution in [0.4, 0.5) is 0 Å². The third-order valence-electron chi connectivity index (χ3n) is 4.31. The quantitative estimate of drug-likeness (QED) is 0.695. The van der Waals surface area contributed by atoms with Gasteiger partial charge in [-0.1, -0.05) is 24.3 Å². The molecule has 0 spiro atoms. The molecule has 1 aromatic carbocycles. The van der Waals surface area contributed by atoms with E-state index in [-0.39, 0.29) is 5.91 Å². The van der Waals surface area contributed by atoms with E-state index in [1.807, 2.05) is 18.2 Å². The molecule has 1 heterocycles. The molecule has 1 saturated heterocycles. The second-order valence-electron chi connectivity index (χ2n) is 6.55. The zero-order valence-electron chi connectivity index (χ0n) is 15.2. The average molecular weight is 366 g/mol.